The molecule has 0 heterocycles. The summed E-state index contributed by atoms with van der Waals surface area (Å²) >= 11 is 9.14. The molecule has 0 bridgehead atoms. The highest BCUT2D eigenvalue weighted by Crippen LogP contribution is 2.32. The lowest BCUT2D eigenvalue weighted by molar-refractivity contribution is 0.214. The molecule has 0 saturated carbocycles. The van der Waals surface area contributed by atoms with Gasteiger partial charge in [-0.15, -0.1) is 0 Å². The Labute approximate surface area is 123 Å². The largest absolute Gasteiger partial charge is 0.497 e. The smallest absolute Gasteiger partial charge is 0.133 e. The number of hydrogen-bond donors (Lipinski definition) is 1. The zero-order valence-corrected chi connectivity index (χ0v) is 12.4. The summed E-state index contributed by atoms with van der Waals surface area (Å²) in [5.41, 5.74) is 0.734. The van der Waals surface area contributed by atoms with E-state index < -0.39 is 11.9 Å². The third kappa shape index (κ3) is 3.08. The summed E-state index contributed by atoms with van der Waals surface area (Å²) in [5.74, 6) is -0.114. The Morgan fingerprint density at radius 2 is 1.89 bits per heavy atom. The normalized spacial score (nSPS) is 12.3. The molecule has 1 N–H and O–H groups in total. The summed E-state index contributed by atoms with van der Waals surface area (Å²) in [7, 11) is 1.46. The van der Waals surface area contributed by atoms with Crippen molar-refractivity contribution in [2.45, 2.75) is 6.10 Å². The van der Waals surface area contributed by atoms with Crippen LogP contribution in [0.2, 0.25) is 5.02 Å². The summed E-state index contributed by atoms with van der Waals surface area (Å²) in [4.78, 5) is 0. The molecule has 2 rings (SSSR count). The molecule has 0 fully saturated rings. The van der Waals surface area contributed by atoms with E-state index in [2.05, 4.69) is 15.9 Å². The van der Waals surface area contributed by atoms with Crippen molar-refractivity contribution in [2.24, 2.45) is 0 Å². The van der Waals surface area contributed by atoms with Crippen molar-refractivity contribution in [1.29, 1.82) is 0 Å². The molecule has 0 aliphatic heterocycles. The van der Waals surface area contributed by atoms with Gasteiger partial charge in [-0.2, -0.15) is 0 Å². The summed E-state index contributed by atoms with van der Waals surface area (Å²) in [5, 5.41) is 10.8. The van der Waals surface area contributed by atoms with Gasteiger partial charge in [0.2, 0.25) is 0 Å². The van der Waals surface area contributed by atoms with E-state index in [0.717, 1.165) is 0 Å². The van der Waals surface area contributed by atoms with E-state index in [1.165, 1.54) is 19.2 Å². The Hall–Kier alpha value is -1.10. The molecular weight excluding hydrogens is 335 g/mol. The lowest BCUT2D eigenvalue weighted by atomic mass is 10.0. The van der Waals surface area contributed by atoms with E-state index in [1.54, 1.807) is 24.3 Å². The highest BCUT2D eigenvalue weighted by molar-refractivity contribution is 9.10. The van der Waals surface area contributed by atoms with Crippen molar-refractivity contribution in [3.8, 4) is 5.75 Å². The summed E-state index contributed by atoms with van der Waals surface area (Å²) in [6.45, 7) is 0. The minimum Gasteiger partial charge on any atom is -0.497 e. The first-order chi connectivity index (χ1) is 9.02. The Balaban J connectivity index is 2.41. The molecule has 1 unspecified atom stereocenters. The molecule has 2 aromatic carbocycles. The average molecular weight is 346 g/mol. The first kappa shape index (κ1) is 14.3. The average Bonchev–Trinajstić information content (AvgIpc) is 2.37. The van der Waals surface area contributed by atoms with Crippen LogP contribution in [-0.4, -0.2) is 12.2 Å². The molecule has 0 radical (unpaired) electrons. The molecule has 0 aliphatic carbocycles. The zero-order chi connectivity index (χ0) is 14.0. The topological polar surface area (TPSA) is 29.5 Å². The molecule has 0 aromatic heterocycles. The summed E-state index contributed by atoms with van der Waals surface area (Å²) in [6, 6.07) is 9.29. The van der Waals surface area contributed by atoms with Crippen LogP contribution in [0.1, 0.15) is 17.2 Å². The van der Waals surface area contributed by atoms with Gasteiger partial charge in [0.25, 0.3) is 0 Å². The maximum Gasteiger partial charge on any atom is 0.133 e. The number of aliphatic hydroxyl groups excluding tert-OH is 1. The molecule has 2 aromatic rings. The number of hydrogen-bond acceptors (Lipinski definition) is 2. The maximum atomic E-state index is 13.9. The molecular formula is C14H11BrClFO2. The molecule has 100 valence electrons. The lowest BCUT2D eigenvalue weighted by Gasteiger charge is -2.15. The predicted molar refractivity (Wildman–Crippen MR) is 76.2 cm³/mol. The second-order valence-electron chi connectivity index (χ2n) is 3.96. The van der Waals surface area contributed by atoms with Crippen LogP contribution in [0.3, 0.4) is 0 Å². The van der Waals surface area contributed by atoms with Crippen molar-refractivity contribution in [1.82, 2.24) is 0 Å². The first-order valence-electron chi connectivity index (χ1n) is 5.49. The van der Waals surface area contributed by atoms with Crippen LogP contribution in [0.4, 0.5) is 4.39 Å². The van der Waals surface area contributed by atoms with Gasteiger partial charge in [0.1, 0.15) is 17.7 Å². The number of methoxy groups -OCH3 is 1. The van der Waals surface area contributed by atoms with E-state index >= 15 is 0 Å². The third-order valence-corrected chi connectivity index (χ3v) is 3.68. The summed E-state index contributed by atoms with van der Waals surface area (Å²) < 4.78 is 19.5. The zero-order valence-electron chi connectivity index (χ0n) is 10.0. The Bertz CT molecular complexity index is 604. The van der Waals surface area contributed by atoms with Gasteiger partial charge in [0.15, 0.2) is 0 Å². The minimum atomic E-state index is -1.07. The molecule has 2 nitrogen and oxygen atoms in total. The van der Waals surface area contributed by atoms with Crippen molar-refractivity contribution >= 4 is 27.5 Å². The van der Waals surface area contributed by atoms with Gasteiger partial charge in [-0.1, -0.05) is 33.6 Å². The summed E-state index contributed by atoms with van der Waals surface area (Å²) in [6.07, 6.45) is -1.07. The molecule has 0 aliphatic rings. The van der Waals surface area contributed by atoms with Crippen molar-refractivity contribution in [3.05, 3.63) is 62.8 Å². The van der Waals surface area contributed by atoms with Crippen LogP contribution in [0.15, 0.2) is 40.9 Å². The van der Waals surface area contributed by atoms with Crippen molar-refractivity contribution in [2.75, 3.05) is 7.11 Å². The molecule has 0 spiro atoms. The molecule has 19 heavy (non-hydrogen) atoms. The van der Waals surface area contributed by atoms with Crippen molar-refractivity contribution in [3.63, 3.8) is 0 Å². The number of halogens is 3. The van der Waals surface area contributed by atoms with E-state index in [4.69, 9.17) is 16.3 Å². The van der Waals surface area contributed by atoms with Gasteiger partial charge in [0, 0.05) is 21.1 Å². The second-order valence-corrected chi connectivity index (χ2v) is 5.25. The van der Waals surface area contributed by atoms with E-state index in [0.29, 0.717) is 20.8 Å². The van der Waals surface area contributed by atoms with E-state index in [9.17, 15) is 9.50 Å². The van der Waals surface area contributed by atoms with Gasteiger partial charge in [-0.3, -0.25) is 0 Å². The maximum absolute atomic E-state index is 13.9. The fourth-order valence-electron chi connectivity index (χ4n) is 1.75. The minimum absolute atomic E-state index is 0.184. The molecule has 0 amide bonds. The quantitative estimate of drug-likeness (QED) is 0.897. The fraction of sp³-hybridized carbons (Fsp3) is 0.143. The molecule has 5 heteroatoms. The van der Waals surface area contributed by atoms with Crippen molar-refractivity contribution < 1.29 is 14.2 Å². The number of benzene rings is 2. The fourth-order valence-corrected chi connectivity index (χ4v) is 2.65. The van der Waals surface area contributed by atoms with Crippen LogP contribution in [0.5, 0.6) is 5.75 Å². The standard InChI is InChI=1S/C14H11BrClFO2/c1-19-9-3-5-11(13(17)7-9)14(18)10-4-2-8(16)6-12(10)15/h2-7,14,18H,1H3. The second kappa shape index (κ2) is 5.90. The number of ether oxygens (including phenoxy) is 1. The Morgan fingerprint density at radius 1 is 1.21 bits per heavy atom. The van der Waals surface area contributed by atoms with Crippen LogP contribution in [0, 0.1) is 5.82 Å². The predicted octanol–water partition coefficient (Wildman–Crippen LogP) is 4.33. The first-order valence-corrected chi connectivity index (χ1v) is 6.66. The molecule has 0 saturated heterocycles. The molecule has 1 atom stereocenters. The Kier molecular flexibility index (Phi) is 4.45. The van der Waals surface area contributed by atoms with Gasteiger partial charge >= 0.3 is 0 Å². The van der Waals surface area contributed by atoms with Crippen LogP contribution in [-0.2, 0) is 0 Å². The van der Waals surface area contributed by atoms with Gasteiger partial charge in [-0.05, 0) is 29.8 Å². The van der Waals surface area contributed by atoms with E-state index in [-0.39, 0.29) is 5.56 Å². The van der Waals surface area contributed by atoms with Gasteiger partial charge in [-0.25, -0.2) is 4.39 Å². The van der Waals surface area contributed by atoms with Crippen LogP contribution < -0.4 is 4.74 Å². The number of aliphatic hydroxyl groups is 1. The number of rotatable bonds is 3. The highest BCUT2D eigenvalue weighted by Gasteiger charge is 2.18. The third-order valence-electron chi connectivity index (χ3n) is 2.76. The van der Waals surface area contributed by atoms with Gasteiger partial charge in [0.05, 0.1) is 7.11 Å². The lowest BCUT2D eigenvalue weighted by Crippen LogP contribution is -2.03. The Morgan fingerprint density at radius 3 is 2.47 bits per heavy atom. The SMILES string of the molecule is COc1ccc(C(O)c2ccc(Cl)cc2Br)c(F)c1. The highest BCUT2D eigenvalue weighted by atomic mass is 79.9. The van der Waals surface area contributed by atoms with E-state index in [1.807, 2.05) is 0 Å². The monoisotopic (exact) mass is 344 g/mol. The van der Waals surface area contributed by atoms with Crippen LogP contribution in [0.25, 0.3) is 0 Å². The van der Waals surface area contributed by atoms with Gasteiger partial charge < -0.3 is 9.84 Å². The van der Waals surface area contributed by atoms with Crippen LogP contribution >= 0.6 is 27.5 Å².